The van der Waals surface area contributed by atoms with Gasteiger partial charge < -0.3 is 10.1 Å². The Kier molecular flexibility index (Phi) is 5.03. The molecule has 3 heterocycles. The minimum absolute atomic E-state index is 0.501. The highest BCUT2D eigenvalue weighted by Crippen LogP contribution is 2.46. The molecule has 2 unspecified atom stereocenters. The minimum Gasteiger partial charge on any atom is -0.477 e. The van der Waals surface area contributed by atoms with Crippen molar-refractivity contribution in [3.05, 3.63) is 57.6 Å². The second-order valence-electron chi connectivity index (χ2n) is 7.01. The lowest BCUT2D eigenvalue weighted by Gasteiger charge is -2.09. The van der Waals surface area contributed by atoms with Crippen molar-refractivity contribution in [3.63, 3.8) is 0 Å². The van der Waals surface area contributed by atoms with Crippen molar-refractivity contribution in [2.75, 3.05) is 11.9 Å². The van der Waals surface area contributed by atoms with Gasteiger partial charge in [0.25, 0.3) is 0 Å². The number of nitrogens with zero attached hydrogens (tertiary/aromatic N) is 4. The van der Waals surface area contributed by atoms with Crippen LogP contribution in [0.25, 0.3) is 0 Å². The summed E-state index contributed by atoms with van der Waals surface area (Å²) in [4.78, 5) is 18.8. The first kappa shape index (κ1) is 17.9. The van der Waals surface area contributed by atoms with Crippen LogP contribution < -0.4 is 10.1 Å². The zero-order valence-corrected chi connectivity index (χ0v) is 16.6. The van der Waals surface area contributed by atoms with E-state index in [2.05, 4.69) is 44.3 Å². The lowest BCUT2D eigenvalue weighted by Crippen LogP contribution is -2.07. The molecule has 4 rings (SSSR count). The zero-order valence-electron chi connectivity index (χ0n) is 15.8. The largest absolute Gasteiger partial charge is 0.477 e. The molecule has 6 nitrogen and oxygen atoms in total. The van der Waals surface area contributed by atoms with Crippen molar-refractivity contribution in [2.24, 2.45) is 5.92 Å². The summed E-state index contributed by atoms with van der Waals surface area (Å²) in [5.41, 5.74) is 2.35. The first-order chi connectivity index (χ1) is 13.1. The molecule has 140 valence electrons. The van der Waals surface area contributed by atoms with Crippen LogP contribution in [0.2, 0.25) is 0 Å². The quantitative estimate of drug-likeness (QED) is 0.666. The van der Waals surface area contributed by atoms with Gasteiger partial charge in [-0.05, 0) is 38.8 Å². The lowest BCUT2D eigenvalue weighted by atomic mass is 10.2. The maximum Gasteiger partial charge on any atom is 0.218 e. The van der Waals surface area contributed by atoms with Gasteiger partial charge in [-0.15, -0.1) is 11.3 Å². The van der Waals surface area contributed by atoms with Crippen LogP contribution in [0.3, 0.4) is 0 Å². The van der Waals surface area contributed by atoms with Crippen LogP contribution >= 0.6 is 11.3 Å². The highest BCUT2D eigenvalue weighted by atomic mass is 32.1. The summed E-state index contributed by atoms with van der Waals surface area (Å²) in [6.07, 6.45) is 4.95. The SMILES string of the molecule is Cc1ccc(C2CC2COc2cc(NCc3cnc(C)s3)nc(C)n2)nc1. The smallest absolute Gasteiger partial charge is 0.218 e. The van der Waals surface area contributed by atoms with Crippen molar-refractivity contribution in [1.29, 1.82) is 0 Å². The number of hydrogen-bond donors (Lipinski definition) is 1. The number of thiazole rings is 1. The monoisotopic (exact) mass is 381 g/mol. The molecule has 1 N–H and O–H groups in total. The molecule has 27 heavy (non-hydrogen) atoms. The van der Waals surface area contributed by atoms with E-state index in [4.69, 9.17) is 4.74 Å². The Bertz CT molecular complexity index is 924. The third kappa shape index (κ3) is 4.60. The molecule has 0 radical (unpaired) electrons. The molecule has 1 fully saturated rings. The van der Waals surface area contributed by atoms with Crippen LogP contribution in [0.4, 0.5) is 5.82 Å². The van der Waals surface area contributed by atoms with E-state index < -0.39 is 0 Å². The highest BCUT2D eigenvalue weighted by molar-refractivity contribution is 7.11. The number of pyridine rings is 1. The van der Waals surface area contributed by atoms with Gasteiger partial charge in [0.1, 0.15) is 11.6 Å². The molecule has 1 aliphatic rings. The summed E-state index contributed by atoms with van der Waals surface area (Å²) in [6.45, 7) is 7.30. The van der Waals surface area contributed by atoms with E-state index in [9.17, 15) is 0 Å². The first-order valence-electron chi connectivity index (χ1n) is 9.13. The van der Waals surface area contributed by atoms with Gasteiger partial charge in [0.05, 0.1) is 18.2 Å². The molecule has 1 saturated carbocycles. The maximum atomic E-state index is 5.95. The van der Waals surface area contributed by atoms with E-state index in [-0.39, 0.29) is 0 Å². The lowest BCUT2D eigenvalue weighted by molar-refractivity contribution is 0.284. The van der Waals surface area contributed by atoms with Gasteiger partial charge in [0, 0.05) is 40.9 Å². The normalized spacial score (nSPS) is 18.3. The van der Waals surface area contributed by atoms with Gasteiger partial charge in [-0.1, -0.05) is 6.07 Å². The summed E-state index contributed by atoms with van der Waals surface area (Å²) in [6, 6.07) is 6.11. The van der Waals surface area contributed by atoms with E-state index in [1.807, 2.05) is 32.3 Å². The summed E-state index contributed by atoms with van der Waals surface area (Å²) in [5, 5.41) is 4.39. The van der Waals surface area contributed by atoms with Crippen LogP contribution in [-0.4, -0.2) is 26.5 Å². The van der Waals surface area contributed by atoms with Crippen LogP contribution in [0.5, 0.6) is 5.88 Å². The molecule has 1 aliphatic carbocycles. The second kappa shape index (κ2) is 7.60. The predicted molar refractivity (Wildman–Crippen MR) is 106 cm³/mol. The average molecular weight is 382 g/mol. The highest BCUT2D eigenvalue weighted by Gasteiger charge is 2.40. The number of nitrogens with one attached hydrogen (secondary N) is 1. The number of anilines is 1. The molecule has 7 heteroatoms. The summed E-state index contributed by atoms with van der Waals surface area (Å²) in [7, 11) is 0. The fourth-order valence-electron chi connectivity index (χ4n) is 3.05. The van der Waals surface area contributed by atoms with E-state index in [1.54, 1.807) is 11.3 Å². The van der Waals surface area contributed by atoms with Crippen molar-refractivity contribution in [1.82, 2.24) is 19.9 Å². The molecule has 0 bridgehead atoms. The number of ether oxygens (including phenoxy) is 1. The average Bonchev–Trinajstić information content (AvgIpc) is 3.30. The third-order valence-electron chi connectivity index (χ3n) is 4.61. The standard InChI is InChI=1S/C20H23N5OS/c1-12-4-5-18(22-8-12)17-6-15(17)11-26-20-7-19(24-13(2)25-20)23-10-16-9-21-14(3)27-16/h4-5,7-9,15,17H,6,10-11H2,1-3H3,(H,23,24,25). The first-order valence-corrected chi connectivity index (χ1v) is 9.94. The number of hydrogen-bond acceptors (Lipinski definition) is 7. The number of aromatic nitrogens is 4. The Morgan fingerprint density at radius 2 is 2.04 bits per heavy atom. The zero-order chi connectivity index (χ0) is 18.8. The molecular weight excluding hydrogens is 358 g/mol. The summed E-state index contributed by atoms with van der Waals surface area (Å²) in [5.74, 6) is 3.10. The topological polar surface area (TPSA) is 72.8 Å². The fraction of sp³-hybridized carbons (Fsp3) is 0.400. The van der Waals surface area contributed by atoms with Crippen LogP contribution in [0, 0.1) is 26.7 Å². The van der Waals surface area contributed by atoms with Crippen molar-refractivity contribution >= 4 is 17.2 Å². The summed E-state index contributed by atoms with van der Waals surface area (Å²) >= 11 is 1.68. The molecule has 2 atom stereocenters. The Balaban J connectivity index is 1.32. The van der Waals surface area contributed by atoms with Crippen LogP contribution in [-0.2, 0) is 6.54 Å². The molecule has 0 amide bonds. The molecule has 0 spiro atoms. The van der Waals surface area contributed by atoms with E-state index >= 15 is 0 Å². The molecule has 0 saturated heterocycles. The Morgan fingerprint density at radius 3 is 2.78 bits per heavy atom. The number of aryl methyl sites for hydroxylation is 3. The van der Waals surface area contributed by atoms with E-state index in [0.29, 0.717) is 36.7 Å². The van der Waals surface area contributed by atoms with Gasteiger partial charge in [-0.3, -0.25) is 4.98 Å². The van der Waals surface area contributed by atoms with Crippen molar-refractivity contribution in [2.45, 2.75) is 39.7 Å². The van der Waals surface area contributed by atoms with Crippen molar-refractivity contribution in [3.8, 4) is 5.88 Å². The van der Waals surface area contributed by atoms with E-state index in [0.717, 1.165) is 22.9 Å². The number of rotatable bonds is 7. The summed E-state index contributed by atoms with van der Waals surface area (Å²) < 4.78 is 5.95. The third-order valence-corrected chi connectivity index (χ3v) is 5.52. The Labute approximate surface area is 163 Å². The maximum absolute atomic E-state index is 5.95. The Morgan fingerprint density at radius 1 is 1.15 bits per heavy atom. The van der Waals surface area contributed by atoms with Gasteiger partial charge >= 0.3 is 0 Å². The van der Waals surface area contributed by atoms with Gasteiger partial charge in [0.2, 0.25) is 5.88 Å². The minimum atomic E-state index is 0.501. The molecule has 0 aliphatic heterocycles. The van der Waals surface area contributed by atoms with Gasteiger partial charge in [-0.25, -0.2) is 9.97 Å². The van der Waals surface area contributed by atoms with Gasteiger partial charge in [-0.2, -0.15) is 4.98 Å². The van der Waals surface area contributed by atoms with Crippen molar-refractivity contribution < 1.29 is 4.74 Å². The molecule has 3 aromatic rings. The van der Waals surface area contributed by atoms with Crippen LogP contribution in [0.1, 0.15) is 39.3 Å². The molecule has 3 aromatic heterocycles. The molecular formula is C20H23N5OS. The predicted octanol–water partition coefficient (Wildman–Crippen LogP) is 4.05. The Hall–Kier alpha value is -2.54. The molecule has 0 aromatic carbocycles. The van der Waals surface area contributed by atoms with Crippen LogP contribution in [0.15, 0.2) is 30.6 Å². The van der Waals surface area contributed by atoms with Gasteiger partial charge in [0.15, 0.2) is 0 Å². The van der Waals surface area contributed by atoms with E-state index in [1.165, 1.54) is 10.4 Å². The fourth-order valence-corrected chi connectivity index (χ4v) is 3.79. The second-order valence-corrected chi connectivity index (χ2v) is 8.33.